The van der Waals surface area contributed by atoms with Crippen molar-refractivity contribution in [3.63, 3.8) is 0 Å². The Morgan fingerprint density at radius 3 is 2.68 bits per heavy atom. The minimum atomic E-state index is -0.0594. The summed E-state index contributed by atoms with van der Waals surface area (Å²) in [7, 11) is 3.37. The fraction of sp³-hybridized carbons (Fsp3) is 0.158. The SMILES string of the molecule is COc1ccc(C(=O)N(C)Cc2cnn(-c3ccccc3)c2)cc1Br. The van der Waals surface area contributed by atoms with E-state index in [0.29, 0.717) is 17.9 Å². The molecule has 0 spiro atoms. The normalized spacial score (nSPS) is 10.5. The molecule has 0 N–H and O–H groups in total. The highest BCUT2D eigenvalue weighted by Gasteiger charge is 2.15. The highest BCUT2D eigenvalue weighted by Crippen LogP contribution is 2.26. The molecule has 0 aliphatic heterocycles. The predicted molar refractivity (Wildman–Crippen MR) is 100 cm³/mol. The fourth-order valence-corrected chi connectivity index (χ4v) is 3.07. The lowest BCUT2D eigenvalue weighted by atomic mass is 10.2. The molecule has 6 heteroatoms. The molecule has 1 amide bonds. The van der Waals surface area contributed by atoms with Gasteiger partial charge in [-0.25, -0.2) is 4.68 Å². The van der Waals surface area contributed by atoms with Crippen LogP contribution < -0.4 is 4.74 Å². The van der Waals surface area contributed by atoms with Crippen LogP contribution in [0.3, 0.4) is 0 Å². The minimum Gasteiger partial charge on any atom is -0.496 e. The molecular formula is C19H18BrN3O2. The zero-order valence-electron chi connectivity index (χ0n) is 14.0. The third-order valence-corrected chi connectivity index (χ3v) is 4.44. The summed E-state index contributed by atoms with van der Waals surface area (Å²) in [5.74, 6) is 0.638. The van der Waals surface area contributed by atoms with Crippen molar-refractivity contribution in [3.8, 4) is 11.4 Å². The number of para-hydroxylation sites is 1. The maximum absolute atomic E-state index is 12.6. The van der Waals surface area contributed by atoms with Gasteiger partial charge >= 0.3 is 0 Å². The lowest BCUT2D eigenvalue weighted by Gasteiger charge is -2.17. The quantitative estimate of drug-likeness (QED) is 0.653. The summed E-state index contributed by atoms with van der Waals surface area (Å²) in [6.45, 7) is 0.481. The monoisotopic (exact) mass is 399 g/mol. The number of hydrogen-bond acceptors (Lipinski definition) is 3. The van der Waals surface area contributed by atoms with E-state index < -0.39 is 0 Å². The van der Waals surface area contributed by atoms with Gasteiger partial charge in [-0.3, -0.25) is 4.79 Å². The Kier molecular flexibility index (Phi) is 5.19. The van der Waals surface area contributed by atoms with Crippen molar-refractivity contribution in [2.45, 2.75) is 6.54 Å². The van der Waals surface area contributed by atoms with E-state index in [2.05, 4.69) is 21.0 Å². The third kappa shape index (κ3) is 3.91. The van der Waals surface area contributed by atoms with E-state index in [1.165, 1.54) is 0 Å². The van der Waals surface area contributed by atoms with Crippen molar-refractivity contribution in [2.24, 2.45) is 0 Å². The maximum Gasteiger partial charge on any atom is 0.253 e. The summed E-state index contributed by atoms with van der Waals surface area (Å²) in [6.07, 6.45) is 3.71. The van der Waals surface area contributed by atoms with Crippen LogP contribution in [-0.2, 0) is 6.54 Å². The molecule has 0 unspecified atom stereocenters. The van der Waals surface area contributed by atoms with E-state index in [1.54, 1.807) is 48.1 Å². The van der Waals surface area contributed by atoms with Crippen LogP contribution in [0.25, 0.3) is 5.69 Å². The predicted octanol–water partition coefficient (Wildman–Crippen LogP) is 3.92. The van der Waals surface area contributed by atoms with Crippen LogP contribution in [0, 0.1) is 0 Å². The first kappa shape index (κ1) is 17.2. The minimum absolute atomic E-state index is 0.0594. The summed E-state index contributed by atoms with van der Waals surface area (Å²) in [5, 5.41) is 4.36. The number of nitrogens with zero attached hydrogens (tertiary/aromatic N) is 3. The standard InChI is InChI=1S/C19H18BrN3O2/c1-22(19(24)15-8-9-18(25-2)17(20)10-15)12-14-11-21-23(13-14)16-6-4-3-5-7-16/h3-11,13H,12H2,1-2H3. The first-order valence-corrected chi connectivity index (χ1v) is 8.56. The van der Waals surface area contributed by atoms with E-state index in [0.717, 1.165) is 15.7 Å². The lowest BCUT2D eigenvalue weighted by molar-refractivity contribution is 0.0785. The molecule has 5 nitrogen and oxygen atoms in total. The smallest absolute Gasteiger partial charge is 0.253 e. The van der Waals surface area contributed by atoms with Gasteiger partial charge in [0, 0.05) is 30.9 Å². The Morgan fingerprint density at radius 1 is 1.24 bits per heavy atom. The van der Waals surface area contributed by atoms with E-state index in [-0.39, 0.29) is 5.91 Å². The average molecular weight is 400 g/mol. The largest absolute Gasteiger partial charge is 0.496 e. The Labute approximate surface area is 155 Å². The number of aromatic nitrogens is 2. The van der Waals surface area contributed by atoms with Crippen LogP contribution in [0.5, 0.6) is 5.75 Å². The van der Waals surface area contributed by atoms with E-state index in [4.69, 9.17) is 4.74 Å². The summed E-state index contributed by atoms with van der Waals surface area (Å²) >= 11 is 3.41. The molecule has 0 saturated heterocycles. The molecule has 2 aromatic carbocycles. The Hall–Kier alpha value is -2.60. The summed E-state index contributed by atoms with van der Waals surface area (Å²) < 4.78 is 7.76. The second-order valence-electron chi connectivity index (χ2n) is 5.64. The number of carbonyl (C=O) groups is 1. The third-order valence-electron chi connectivity index (χ3n) is 3.82. The first-order valence-electron chi connectivity index (χ1n) is 7.76. The first-order chi connectivity index (χ1) is 12.1. The lowest BCUT2D eigenvalue weighted by Crippen LogP contribution is -2.26. The highest BCUT2D eigenvalue weighted by atomic mass is 79.9. The van der Waals surface area contributed by atoms with Gasteiger partial charge in [0.25, 0.3) is 5.91 Å². The number of carbonyl (C=O) groups excluding carboxylic acids is 1. The summed E-state index contributed by atoms with van der Waals surface area (Å²) in [4.78, 5) is 14.3. The van der Waals surface area contributed by atoms with E-state index in [1.807, 2.05) is 36.5 Å². The molecule has 0 fully saturated rings. The molecule has 0 radical (unpaired) electrons. The molecule has 0 bridgehead atoms. The molecule has 25 heavy (non-hydrogen) atoms. The fourth-order valence-electron chi connectivity index (χ4n) is 2.53. The van der Waals surface area contributed by atoms with Crippen molar-refractivity contribution in [1.29, 1.82) is 0 Å². The van der Waals surface area contributed by atoms with Gasteiger partial charge < -0.3 is 9.64 Å². The molecule has 0 saturated carbocycles. The number of amides is 1. The zero-order chi connectivity index (χ0) is 17.8. The second kappa shape index (κ2) is 7.53. The molecule has 1 heterocycles. The van der Waals surface area contributed by atoms with Gasteiger partial charge in [-0.15, -0.1) is 0 Å². The molecule has 0 aliphatic carbocycles. The van der Waals surface area contributed by atoms with Crippen molar-refractivity contribution >= 4 is 21.8 Å². The molecule has 1 aromatic heterocycles. The Bertz CT molecular complexity index is 877. The average Bonchev–Trinajstić information content (AvgIpc) is 3.10. The number of benzene rings is 2. The van der Waals surface area contributed by atoms with Gasteiger partial charge in [-0.05, 0) is 46.3 Å². The van der Waals surface area contributed by atoms with Crippen LogP contribution in [0.4, 0.5) is 0 Å². The van der Waals surface area contributed by atoms with Gasteiger partial charge in [0.2, 0.25) is 0 Å². The summed E-state index contributed by atoms with van der Waals surface area (Å²) in [5.41, 5.74) is 2.56. The number of methoxy groups -OCH3 is 1. The number of halogens is 1. The van der Waals surface area contributed by atoms with Gasteiger partial charge in [0.1, 0.15) is 5.75 Å². The molecule has 0 atom stereocenters. The van der Waals surface area contributed by atoms with Crippen molar-refractivity contribution in [1.82, 2.24) is 14.7 Å². The van der Waals surface area contributed by atoms with Crippen LogP contribution in [0.1, 0.15) is 15.9 Å². The Morgan fingerprint density at radius 2 is 2.00 bits per heavy atom. The van der Waals surface area contributed by atoms with E-state index >= 15 is 0 Å². The van der Waals surface area contributed by atoms with Gasteiger partial charge in [0.05, 0.1) is 23.5 Å². The number of hydrogen-bond donors (Lipinski definition) is 0. The molecular weight excluding hydrogens is 382 g/mol. The van der Waals surface area contributed by atoms with Crippen LogP contribution in [0.15, 0.2) is 65.4 Å². The molecule has 3 rings (SSSR count). The van der Waals surface area contributed by atoms with Crippen LogP contribution in [-0.4, -0.2) is 34.7 Å². The van der Waals surface area contributed by atoms with Gasteiger partial charge in [-0.1, -0.05) is 18.2 Å². The van der Waals surface area contributed by atoms with Crippen LogP contribution >= 0.6 is 15.9 Å². The van der Waals surface area contributed by atoms with Crippen LogP contribution in [0.2, 0.25) is 0 Å². The molecule has 0 aliphatic rings. The van der Waals surface area contributed by atoms with Gasteiger partial charge in [-0.2, -0.15) is 5.10 Å². The van der Waals surface area contributed by atoms with Crippen molar-refractivity contribution < 1.29 is 9.53 Å². The highest BCUT2D eigenvalue weighted by molar-refractivity contribution is 9.10. The van der Waals surface area contributed by atoms with Crippen molar-refractivity contribution in [3.05, 3.63) is 76.5 Å². The maximum atomic E-state index is 12.6. The molecule has 3 aromatic rings. The molecule has 128 valence electrons. The number of rotatable bonds is 5. The zero-order valence-corrected chi connectivity index (χ0v) is 15.6. The summed E-state index contributed by atoms with van der Waals surface area (Å²) in [6, 6.07) is 15.2. The van der Waals surface area contributed by atoms with E-state index in [9.17, 15) is 4.79 Å². The topological polar surface area (TPSA) is 47.4 Å². The Balaban J connectivity index is 1.72. The van der Waals surface area contributed by atoms with Gasteiger partial charge in [0.15, 0.2) is 0 Å². The number of ether oxygens (including phenoxy) is 1. The van der Waals surface area contributed by atoms with Crippen molar-refractivity contribution in [2.75, 3.05) is 14.2 Å². The second-order valence-corrected chi connectivity index (χ2v) is 6.49.